The van der Waals surface area contributed by atoms with Crippen LogP contribution in [-0.2, 0) is 18.9 Å². The molecule has 0 saturated carbocycles. The van der Waals surface area contributed by atoms with Gasteiger partial charge in [-0.25, -0.2) is 9.36 Å². The van der Waals surface area contributed by atoms with E-state index in [1.54, 1.807) is 0 Å². The first kappa shape index (κ1) is 29.1. The van der Waals surface area contributed by atoms with Crippen molar-refractivity contribution in [2.24, 2.45) is 0 Å². The van der Waals surface area contributed by atoms with Gasteiger partial charge in [0.1, 0.15) is 0 Å². The van der Waals surface area contributed by atoms with Crippen LogP contribution in [0.25, 0.3) is 0 Å². The molecule has 0 aromatic heterocycles. The fourth-order valence-electron chi connectivity index (χ4n) is 0.714. The molecule has 7 N–H and O–H groups in total. The van der Waals surface area contributed by atoms with Crippen LogP contribution in [0.4, 0.5) is 0 Å². The summed E-state index contributed by atoms with van der Waals surface area (Å²) in [6, 6.07) is 0. The van der Waals surface area contributed by atoms with Gasteiger partial charge >= 0.3 is 101 Å². The van der Waals surface area contributed by atoms with Crippen molar-refractivity contribution in [3.8, 4) is 0 Å². The van der Waals surface area contributed by atoms with Crippen LogP contribution < -0.4 is 0 Å². The van der Waals surface area contributed by atoms with Gasteiger partial charge in [-0.3, -0.25) is 9.59 Å². The molecule has 0 aromatic rings. The van der Waals surface area contributed by atoms with Gasteiger partial charge in [-0.05, 0) is 0 Å². The van der Waals surface area contributed by atoms with Gasteiger partial charge in [0.2, 0.25) is 0 Å². The van der Waals surface area contributed by atoms with E-state index < -0.39 is 44.2 Å². The standard InChI is InChI=1S/C6H8O7.2Ca.H3O4P.4H/c7-3(8)1-6(13,5(11)12)2-4(9)10;;;1-5(2,3)4;;;;/h13H,1-2H2,(H,7,8)(H,9,10)(H,11,12);;;(H3,1,2,3,4);;;;/q;2*+2;;4*-1. The average Bonchev–Trinajstić information content (AvgIpc) is 1.95. The molecule has 0 amide bonds. The van der Waals surface area contributed by atoms with Crippen LogP contribution in [-0.4, -0.2) is 134 Å². The van der Waals surface area contributed by atoms with Crippen molar-refractivity contribution in [1.82, 2.24) is 0 Å². The van der Waals surface area contributed by atoms with E-state index in [4.69, 9.17) is 39.7 Å². The van der Waals surface area contributed by atoms with E-state index in [2.05, 4.69) is 0 Å². The second-order valence-electron chi connectivity index (χ2n) is 2.99. The van der Waals surface area contributed by atoms with E-state index in [-0.39, 0.29) is 81.2 Å². The molecule has 0 aliphatic rings. The fraction of sp³-hybridized carbons (Fsp3) is 0.500. The van der Waals surface area contributed by atoms with E-state index in [9.17, 15) is 14.4 Å². The summed E-state index contributed by atoms with van der Waals surface area (Å²) in [5.41, 5.74) is -2.74. The molecular formula is C6H15Ca2O11P. The van der Waals surface area contributed by atoms with E-state index in [0.717, 1.165) is 0 Å². The van der Waals surface area contributed by atoms with Crippen LogP contribution in [0.3, 0.4) is 0 Å². The minimum atomic E-state index is -4.64. The summed E-state index contributed by atoms with van der Waals surface area (Å²) in [7, 11) is -4.64. The molecule has 0 saturated heterocycles. The number of hydrogen-bond acceptors (Lipinski definition) is 5. The van der Waals surface area contributed by atoms with Crippen molar-refractivity contribution in [1.29, 1.82) is 0 Å². The van der Waals surface area contributed by atoms with Crippen molar-refractivity contribution in [3.63, 3.8) is 0 Å². The SMILES string of the molecule is O=C(O)CC(O)(CC(=O)O)C(=O)O.O=P(O)(O)O.[Ca+2].[Ca+2].[H-].[H-].[H-].[H-]. The molecule has 14 heteroatoms. The summed E-state index contributed by atoms with van der Waals surface area (Å²) in [6.45, 7) is 0. The third-order valence-electron chi connectivity index (χ3n) is 1.29. The minimum Gasteiger partial charge on any atom is -1.00 e. The zero-order valence-electron chi connectivity index (χ0n) is 14.0. The second-order valence-corrected chi connectivity index (χ2v) is 4.02. The Morgan fingerprint density at radius 2 is 1.10 bits per heavy atom. The Labute approximate surface area is 177 Å². The first-order chi connectivity index (χ1) is 7.78. The molecule has 0 radical (unpaired) electrons. The Kier molecular flexibility index (Phi) is 18.2. The molecule has 0 aliphatic carbocycles. The summed E-state index contributed by atoms with van der Waals surface area (Å²) in [5, 5.41) is 33.8. The molecule has 0 bridgehead atoms. The van der Waals surface area contributed by atoms with Crippen molar-refractivity contribution in [2.75, 3.05) is 0 Å². The third kappa shape index (κ3) is 21.3. The third-order valence-corrected chi connectivity index (χ3v) is 1.29. The maximum Gasteiger partial charge on any atom is 2.00 e. The number of phosphoric acid groups is 1. The van der Waals surface area contributed by atoms with Crippen LogP contribution in [0.2, 0.25) is 0 Å². The number of carboxylic acids is 3. The Balaban J connectivity index is -0.0000000347. The number of rotatable bonds is 5. The fourth-order valence-corrected chi connectivity index (χ4v) is 0.714. The van der Waals surface area contributed by atoms with E-state index in [1.807, 2.05) is 0 Å². The molecule has 0 rings (SSSR count). The first-order valence-electron chi connectivity index (χ1n) is 3.95. The molecule has 0 spiro atoms. The zero-order chi connectivity index (χ0) is 15.1. The van der Waals surface area contributed by atoms with Gasteiger partial charge in [0.25, 0.3) is 0 Å². The van der Waals surface area contributed by atoms with Crippen LogP contribution in [0.1, 0.15) is 18.5 Å². The van der Waals surface area contributed by atoms with Gasteiger partial charge in [-0.2, -0.15) is 0 Å². The molecule has 0 fully saturated rings. The van der Waals surface area contributed by atoms with Gasteiger partial charge in [-0.1, -0.05) is 0 Å². The quantitative estimate of drug-likeness (QED) is 0.198. The van der Waals surface area contributed by atoms with Crippen LogP contribution >= 0.6 is 7.82 Å². The summed E-state index contributed by atoms with van der Waals surface area (Å²) in [5.74, 6) is -5.02. The van der Waals surface area contributed by atoms with E-state index in [1.165, 1.54) is 0 Å². The van der Waals surface area contributed by atoms with Crippen LogP contribution in [0, 0.1) is 0 Å². The summed E-state index contributed by atoms with van der Waals surface area (Å²) in [6.07, 6.45) is -2.29. The predicted octanol–water partition coefficient (Wildman–Crippen LogP) is -2.49. The van der Waals surface area contributed by atoms with Gasteiger partial charge in [0.05, 0.1) is 12.8 Å². The molecule has 0 aliphatic heterocycles. The Hall–Kier alpha value is 0.999. The van der Waals surface area contributed by atoms with Gasteiger partial charge in [0, 0.05) is 0 Å². The van der Waals surface area contributed by atoms with Gasteiger partial charge in [0.15, 0.2) is 5.60 Å². The van der Waals surface area contributed by atoms with Crippen molar-refractivity contribution in [3.05, 3.63) is 0 Å². The monoisotopic (exact) mass is 374 g/mol. The number of hydrogen-bond donors (Lipinski definition) is 7. The molecular weight excluding hydrogens is 359 g/mol. The molecule has 20 heavy (non-hydrogen) atoms. The summed E-state index contributed by atoms with van der Waals surface area (Å²) < 4.78 is 8.88. The first-order valence-corrected chi connectivity index (χ1v) is 5.52. The van der Waals surface area contributed by atoms with E-state index >= 15 is 0 Å². The van der Waals surface area contributed by atoms with Crippen molar-refractivity contribution < 1.29 is 59.8 Å². The molecule has 11 nitrogen and oxygen atoms in total. The molecule has 114 valence electrons. The minimum absolute atomic E-state index is 0. The van der Waals surface area contributed by atoms with Crippen LogP contribution in [0.15, 0.2) is 0 Å². The maximum atomic E-state index is 10.3. The largest absolute Gasteiger partial charge is 2.00 e. The molecule has 0 heterocycles. The molecule has 0 unspecified atom stereocenters. The van der Waals surface area contributed by atoms with E-state index in [0.29, 0.717) is 0 Å². The topological polar surface area (TPSA) is 210 Å². The van der Waals surface area contributed by atoms with Gasteiger partial charge in [-0.15, -0.1) is 0 Å². The number of aliphatic carboxylic acids is 3. The molecule has 0 atom stereocenters. The number of aliphatic hydroxyl groups is 1. The number of carbonyl (C=O) groups is 3. The number of carboxylic acid groups (broad SMARTS) is 3. The van der Waals surface area contributed by atoms with Gasteiger partial charge < -0.3 is 40.8 Å². The maximum absolute atomic E-state index is 10.3. The van der Waals surface area contributed by atoms with Crippen molar-refractivity contribution in [2.45, 2.75) is 18.4 Å². The predicted molar refractivity (Wildman–Crippen MR) is 67.3 cm³/mol. The van der Waals surface area contributed by atoms with Crippen LogP contribution in [0.5, 0.6) is 0 Å². The normalized spacial score (nSPS) is 10.0. The Bertz CT molecular complexity index is 368. The Morgan fingerprint density at radius 1 is 0.900 bits per heavy atom. The second kappa shape index (κ2) is 12.5. The van der Waals surface area contributed by atoms with Crippen molar-refractivity contribution >= 4 is 101 Å². The summed E-state index contributed by atoms with van der Waals surface area (Å²) in [4.78, 5) is 52.0. The molecule has 0 aromatic carbocycles. The summed E-state index contributed by atoms with van der Waals surface area (Å²) >= 11 is 0. The average molecular weight is 374 g/mol. The zero-order valence-corrected chi connectivity index (χ0v) is 15.4. The smallest absolute Gasteiger partial charge is 1.00 e. The Morgan fingerprint density at radius 3 is 1.20 bits per heavy atom.